The van der Waals surface area contributed by atoms with Crippen LogP contribution in [0.15, 0.2) is 60.8 Å². The molecule has 1 amide bonds. The number of rotatable bonds is 7. The number of nitrogens with one attached hydrogen (secondary N) is 1. The molecule has 3 aromatic rings. The minimum absolute atomic E-state index is 0.0540. The maximum absolute atomic E-state index is 11.6. The number of amides is 1. The van der Waals surface area contributed by atoms with Crippen molar-refractivity contribution in [2.45, 2.75) is 13.0 Å². The number of aromatic nitrogens is 1. The quantitative estimate of drug-likeness (QED) is 0.695. The molecule has 1 heterocycles. The number of hydrogen-bond donors (Lipinski definition) is 2. The number of fused-ring (bicyclic) bond motifs is 1. The van der Waals surface area contributed by atoms with Crippen molar-refractivity contribution in [3.63, 3.8) is 0 Å². The summed E-state index contributed by atoms with van der Waals surface area (Å²) in [5.74, 6) is 0.636. The molecular weight excluding hydrogens is 316 g/mol. The maximum Gasteiger partial charge on any atom is 0.224 e. The number of nitrogens with zero attached hydrogens (tertiary/aromatic N) is 1. The monoisotopic (exact) mass is 336 g/mol. The average molecular weight is 336 g/mol. The van der Waals surface area contributed by atoms with E-state index >= 15 is 0 Å². The van der Waals surface area contributed by atoms with Gasteiger partial charge in [-0.2, -0.15) is 0 Å². The minimum Gasteiger partial charge on any atom is -0.489 e. The van der Waals surface area contributed by atoms with Crippen LogP contribution in [0.3, 0.4) is 0 Å². The Morgan fingerprint density at radius 3 is 2.68 bits per heavy atom. The summed E-state index contributed by atoms with van der Waals surface area (Å²) >= 11 is 0. The molecule has 5 nitrogen and oxygen atoms in total. The number of carbonyl (C=O) groups is 1. The van der Waals surface area contributed by atoms with Gasteiger partial charge in [0.25, 0.3) is 0 Å². The van der Waals surface area contributed by atoms with Gasteiger partial charge in [0, 0.05) is 23.7 Å². The van der Waals surface area contributed by atoms with E-state index in [1.54, 1.807) is 6.20 Å². The van der Waals surface area contributed by atoms with Crippen LogP contribution in [0.4, 0.5) is 0 Å². The largest absolute Gasteiger partial charge is 0.489 e. The summed E-state index contributed by atoms with van der Waals surface area (Å²) in [4.78, 5) is 16.1. The van der Waals surface area contributed by atoms with E-state index < -0.39 is 0 Å². The topological polar surface area (TPSA) is 71.5 Å². The van der Waals surface area contributed by atoms with Crippen LogP contribution >= 0.6 is 0 Å². The Bertz CT molecular complexity index is 842. The third-order valence-corrected chi connectivity index (χ3v) is 3.83. The molecule has 0 aliphatic carbocycles. The molecule has 128 valence electrons. The highest BCUT2D eigenvalue weighted by atomic mass is 16.5. The first-order chi connectivity index (χ1) is 12.3. The van der Waals surface area contributed by atoms with Gasteiger partial charge in [0.05, 0.1) is 18.5 Å². The van der Waals surface area contributed by atoms with Crippen molar-refractivity contribution in [1.82, 2.24) is 10.3 Å². The Kier molecular flexibility index (Phi) is 5.59. The third kappa shape index (κ3) is 4.55. The molecular formula is C20H20N2O3. The summed E-state index contributed by atoms with van der Waals surface area (Å²) in [5.41, 5.74) is 2.88. The lowest BCUT2D eigenvalue weighted by atomic mass is 10.1. The Morgan fingerprint density at radius 1 is 1.08 bits per heavy atom. The van der Waals surface area contributed by atoms with Crippen LogP contribution in [0, 0.1) is 0 Å². The van der Waals surface area contributed by atoms with Crippen molar-refractivity contribution in [2.75, 3.05) is 13.2 Å². The van der Waals surface area contributed by atoms with Crippen LogP contribution < -0.4 is 10.1 Å². The third-order valence-electron chi connectivity index (χ3n) is 3.83. The zero-order valence-corrected chi connectivity index (χ0v) is 13.8. The fourth-order valence-corrected chi connectivity index (χ4v) is 2.59. The molecule has 0 saturated heterocycles. The molecule has 2 N–H and O–H groups in total. The molecule has 0 atom stereocenters. The summed E-state index contributed by atoms with van der Waals surface area (Å²) in [6.07, 6.45) is 2.07. The summed E-state index contributed by atoms with van der Waals surface area (Å²) in [7, 11) is 0. The van der Waals surface area contributed by atoms with E-state index in [1.165, 1.54) is 0 Å². The van der Waals surface area contributed by atoms with E-state index in [4.69, 9.17) is 9.84 Å². The van der Waals surface area contributed by atoms with E-state index in [1.807, 2.05) is 54.6 Å². The fraction of sp³-hybridized carbons (Fsp3) is 0.200. The highest BCUT2D eigenvalue weighted by molar-refractivity contribution is 5.81. The first-order valence-electron chi connectivity index (χ1n) is 8.18. The zero-order valence-electron chi connectivity index (χ0n) is 13.8. The molecule has 0 aliphatic rings. The van der Waals surface area contributed by atoms with Crippen molar-refractivity contribution < 1.29 is 14.6 Å². The summed E-state index contributed by atoms with van der Waals surface area (Å²) in [6, 6.07) is 17.4. The van der Waals surface area contributed by atoms with Gasteiger partial charge in [-0.3, -0.25) is 9.78 Å². The van der Waals surface area contributed by atoms with Gasteiger partial charge in [0.1, 0.15) is 12.4 Å². The molecule has 0 unspecified atom stereocenters. The zero-order chi connectivity index (χ0) is 17.5. The number of hydrogen-bond acceptors (Lipinski definition) is 4. The van der Waals surface area contributed by atoms with E-state index in [-0.39, 0.29) is 25.5 Å². The summed E-state index contributed by atoms with van der Waals surface area (Å²) < 4.78 is 5.85. The number of para-hydroxylation sites is 1. The van der Waals surface area contributed by atoms with Crippen LogP contribution in [-0.2, 0) is 17.8 Å². The van der Waals surface area contributed by atoms with Crippen molar-refractivity contribution in [1.29, 1.82) is 0 Å². The SMILES string of the molecule is O=C(Cc1ccc(OCc2cccc3cccnc23)cc1)NCCO. The second kappa shape index (κ2) is 8.26. The van der Waals surface area contributed by atoms with E-state index in [0.717, 1.165) is 27.8 Å². The van der Waals surface area contributed by atoms with E-state index in [0.29, 0.717) is 6.61 Å². The molecule has 0 fully saturated rings. The molecule has 0 bridgehead atoms. The number of aliphatic hydroxyl groups is 1. The van der Waals surface area contributed by atoms with Gasteiger partial charge in [-0.05, 0) is 23.8 Å². The van der Waals surface area contributed by atoms with Gasteiger partial charge in [-0.15, -0.1) is 0 Å². The van der Waals surface area contributed by atoms with Gasteiger partial charge in [-0.1, -0.05) is 36.4 Å². The second-order valence-corrected chi connectivity index (χ2v) is 5.68. The highest BCUT2D eigenvalue weighted by Gasteiger charge is 2.05. The Labute approximate surface area is 146 Å². The lowest BCUT2D eigenvalue weighted by Gasteiger charge is -2.09. The molecule has 0 aliphatic heterocycles. The summed E-state index contributed by atoms with van der Waals surface area (Å²) in [5, 5.41) is 12.4. The molecule has 0 spiro atoms. The average Bonchev–Trinajstić information content (AvgIpc) is 2.66. The van der Waals surface area contributed by atoms with Crippen LogP contribution in [0.1, 0.15) is 11.1 Å². The fourth-order valence-electron chi connectivity index (χ4n) is 2.59. The predicted octanol–water partition coefficient (Wildman–Crippen LogP) is 2.46. The standard InChI is InChI=1S/C20H20N2O3/c23-12-11-21-19(24)13-15-6-8-18(9-7-15)25-14-17-4-1-3-16-5-2-10-22-20(16)17/h1-10,23H,11-14H2,(H,21,24). The number of pyridine rings is 1. The normalized spacial score (nSPS) is 10.6. The smallest absolute Gasteiger partial charge is 0.224 e. The Balaban J connectivity index is 1.61. The maximum atomic E-state index is 11.6. The van der Waals surface area contributed by atoms with Crippen LogP contribution in [0.5, 0.6) is 5.75 Å². The number of carbonyl (C=O) groups excluding carboxylic acids is 1. The van der Waals surface area contributed by atoms with E-state index in [2.05, 4.69) is 10.3 Å². The molecule has 1 aromatic heterocycles. The first kappa shape index (κ1) is 16.9. The molecule has 0 radical (unpaired) electrons. The lowest BCUT2D eigenvalue weighted by Crippen LogP contribution is -2.27. The minimum atomic E-state index is -0.107. The molecule has 0 saturated carbocycles. The Morgan fingerprint density at radius 2 is 1.88 bits per heavy atom. The molecule has 3 rings (SSSR count). The second-order valence-electron chi connectivity index (χ2n) is 5.68. The molecule has 5 heteroatoms. The lowest BCUT2D eigenvalue weighted by molar-refractivity contribution is -0.120. The number of ether oxygens (including phenoxy) is 1. The first-order valence-corrected chi connectivity index (χ1v) is 8.18. The molecule has 2 aromatic carbocycles. The number of aliphatic hydroxyl groups excluding tert-OH is 1. The van der Waals surface area contributed by atoms with Crippen molar-refractivity contribution >= 4 is 16.8 Å². The van der Waals surface area contributed by atoms with Crippen molar-refractivity contribution in [3.05, 3.63) is 71.9 Å². The number of benzene rings is 2. The highest BCUT2D eigenvalue weighted by Crippen LogP contribution is 2.19. The van der Waals surface area contributed by atoms with Gasteiger partial charge >= 0.3 is 0 Å². The molecule has 25 heavy (non-hydrogen) atoms. The van der Waals surface area contributed by atoms with Gasteiger partial charge in [0.2, 0.25) is 5.91 Å². The van der Waals surface area contributed by atoms with Gasteiger partial charge in [-0.25, -0.2) is 0 Å². The van der Waals surface area contributed by atoms with Crippen molar-refractivity contribution in [2.24, 2.45) is 0 Å². The van der Waals surface area contributed by atoms with Crippen LogP contribution in [0.25, 0.3) is 10.9 Å². The van der Waals surface area contributed by atoms with E-state index in [9.17, 15) is 4.79 Å². The summed E-state index contributed by atoms with van der Waals surface area (Å²) in [6.45, 7) is 0.658. The van der Waals surface area contributed by atoms with Gasteiger partial charge < -0.3 is 15.2 Å². The van der Waals surface area contributed by atoms with Gasteiger partial charge in [0.15, 0.2) is 0 Å². The van der Waals surface area contributed by atoms with Crippen molar-refractivity contribution in [3.8, 4) is 5.75 Å². The van der Waals surface area contributed by atoms with Crippen LogP contribution in [-0.4, -0.2) is 29.1 Å². The Hall–Kier alpha value is -2.92. The predicted molar refractivity (Wildman–Crippen MR) is 96.3 cm³/mol. The van der Waals surface area contributed by atoms with Crippen LogP contribution in [0.2, 0.25) is 0 Å².